The summed E-state index contributed by atoms with van der Waals surface area (Å²) in [5.41, 5.74) is 2.63. The molecule has 3 aromatic rings. The lowest BCUT2D eigenvalue weighted by atomic mass is 10.5. The molecule has 6 nitrogen and oxygen atoms in total. The number of aromatic nitrogens is 6. The van der Waals surface area contributed by atoms with Gasteiger partial charge in [0.25, 0.3) is 11.5 Å². The highest BCUT2D eigenvalue weighted by Gasteiger charge is 2.17. The normalized spacial score (nSPS) is 11.6. The van der Waals surface area contributed by atoms with E-state index < -0.39 is 0 Å². The minimum atomic E-state index is 0.821. The van der Waals surface area contributed by atoms with Crippen LogP contribution in [0.4, 0.5) is 0 Å². The molecule has 14 heavy (non-hydrogen) atoms. The Kier molecular flexibility index (Phi) is 1.21. The molecule has 0 aromatic carbocycles. The largest absolute Gasteiger partial charge is 0.314 e. The summed E-state index contributed by atoms with van der Waals surface area (Å²) in [4.78, 5) is 11.5. The number of hydrogen-bond acceptors (Lipinski definition) is 3. The molecular formula is C8H9N6+. The van der Waals surface area contributed by atoms with Crippen LogP contribution in [0, 0.1) is 6.92 Å². The molecule has 0 spiro atoms. The van der Waals surface area contributed by atoms with E-state index in [1.165, 1.54) is 0 Å². The van der Waals surface area contributed by atoms with Gasteiger partial charge in [-0.25, -0.2) is 4.98 Å². The minimum absolute atomic E-state index is 0.821. The van der Waals surface area contributed by atoms with E-state index in [0.717, 1.165) is 22.6 Å². The Balaban J connectivity index is 2.73. The molecule has 0 atom stereocenters. The zero-order valence-corrected chi connectivity index (χ0v) is 7.89. The van der Waals surface area contributed by atoms with Crippen LogP contribution in [0.5, 0.6) is 0 Å². The predicted molar refractivity (Wildman–Crippen MR) is 48.6 cm³/mol. The van der Waals surface area contributed by atoms with Gasteiger partial charge in [0, 0.05) is 14.0 Å². The van der Waals surface area contributed by atoms with Crippen molar-refractivity contribution >= 4 is 16.8 Å². The predicted octanol–water partition coefficient (Wildman–Crippen LogP) is -0.261. The first-order chi connectivity index (χ1) is 6.77. The van der Waals surface area contributed by atoms with Crippen molar-refractivity contribution in [3.05, 3.63) is 18.5 Å². The lowest BCUT2D eigenvalue weighted by Gasteiger charge is -1.99. The molecule has 1 N–H and O–H groups in total. The van der Waals surface area contributed by atoms with Crippen molar-refractivity contribution < 1.29 is 4.40 Å². The van der Waals surface area contributed by atoms with Crippen LogP contribution < -0.4 is 4.40 Å². The first kappa shape index (κ1) is 7.43. The van der Waals surface area contributed by atoms with E-state index in [2.05, 4.69) is 20.1 Å². The summed E-state index contributed by atoms with van der Waals surface area (Å²) in [6.45, 7) is 1.94. The molecule has 0 aliphatic carbocycles. The van der Waals surface area contributed by atoms with Gasteiger partial charge in [0.1, 0.15) is 0 Å². The maximum absolute atomic E-state index is 4.32. The van der Waals surface area contributed by atoms with Crippen molar-refractivity contribution in [3.8, 4) is 0 Å². The molecule has 0 fully saturated rings. The van der Waals surface area contributed by atoms with Gasteiger partial charge in [0.05, 0.1) is 6.33 Å². The Hall–Kier alpha value is -1.98. The van der Waals surface area contributed by atoms with E-state index in [1.807, 2.05) is 18.4 Å². The summed E-state index contributed by atoms with van der Waals surface area (Å²) in [5, 5.41) is 4.32. The fourth-order valence-corrected chi connectivity index (χ4v) is 1.68. The van der Waals surface area contributed by atoms with Crippen molar-refractivity contribution in [2.45, 2.75) is 6.92 Å². The lowest BCUT2D eigenvalue weighted by Crippen LogP contribution is -2.28. The molecule has 0 amide bonds. The summed E-state index contributed by atoms with van der Waals surface area (Å²) >= 11 is 0. The van der Waals surface area contributed by atoms with E-state index >= 15 is 0 Å². The molecule has 3 heterocycles. The van der Waals surface area contributed by atoms with Crippen LogP contribution in [-0.4, -0.2) is 24.7 Å². The average molecular weight is 189 g/mol. The second-order valence-corrected chi connectivity index (χ2v) is 3.21. The number of aromatic amines is 1. The summed E-state index contributed by atoms with van der Waals surface area (Å²) in [6, 6.07) is 0. The second-order valence-electron chi connectivity index (χ2n) is 3.21. The SMILES string of the molecule is Cc1nn(C)c2nc[nH]c3nc[n+]1c32. The van der Waals surface area contributed by atoms with Gasteiger partial charge >= 0.3 is 0 Å². The molecule has 0 saturated heterocycles. The average Bonchev–Trinajstić information content (AvgIpc) is 2.59. The molecule has 6 heteroatoms. The third-order valence-corrected chi connectivity index (χ3v) is 2.32. The number of hydrogen-bond donors (Lipinski definition) is 1. The second kappa shape index (κ2) is 2.28. The third kappa shape index (κ3) is 0.748. The quantitative estimate of drug-likeness (QED) is 0.495. The Morgan fingerprint density at radius 2 is 2.29 bits per heavy atom. The van der Waals surface area contributed by atoms with Gasteiger partial charge in [-0.3, -0.25) is 0 Å². The van der Waals surface area contributed by atoms with E-state index in [9.17, 15) is 0 Å². The van der Waals surface area contributed by atoms with Crippen molar-refractivity contribution in [1.82, 2.24) is 24.7 Å². The van der Waals surface area contributed by atoms with Gasteiger partial charge < -0.3 is 4.98 Å². The number of nitrogens with one attached hydrogen (secondary N) is 1. The fraction of sp³-hybridized carbons (Fsp3) is 0.250. The van der Waals surface area contributed by atoms with Crippen LogP contribution in [0.15, 0.2) is 12.7 Å². The van der Waals surface area contributed by atoms with Gasteiger partial charge in [-0.1, -0.05) is 4.98 Å². The molecule has 3 rings (SSSR count). The molecule has 0 radical (unpaired) electrons. The zero-order chi connectivity index (χ0) is 9.71. The lowest BCUT2D eigenvalue weighted by molar-refractivity contribution is -0.523. The number of imidazole rings is 1. The number of aryl methyl sites for hydroxylation is 2. The molecule has 0 aliphatic rings. The minimum Gasteiger partial charge on any atom is -0.314 e. The maximum atomic E-state index is 4.32. The van der Waals surface area contributed by atoms with Gasteiger partial charge in [0.2, 0.25) is 17.5 Å². The van der Waals surface area contributed by atoms with Crippen molar-refractivity contribution in [2.75, 3.05) is 0 Å². The monoisotopic (exact) mass is 189 g/mol. The number of nitrogens with zero attached hydrogens (tertiary/aromatic N) is 5. The van der Waals surface area contributed by atoms with Crippen molar-refractivity contribution in [3.63, 3.8) is 0 Å². The van der Waals surface area contributed by atoms with Crippen LogP contribution in [0.25, 0.3) is 16.8 Å². The highest BCUT2D eigenvalue weighted by atomic mass is 15.3. The molecule has 0 aliphatic heterocycles. The van der Waals surface area contributed by atoms with E-state index in [4.69, 9.17) is 0 Å². The summed E-state index contributed by atoms with van der Waals surface area (Å²) < 4.78 is 3.68. The Labute approximate surface area is 79.2 Å². The molecule has 0 saturated carbocycles. The van der Waals surface area contributed by atoms with Crippen molar-refractivity contribution in [1.29, 1.82) is 0 Å². The highest BCUT2D eigenvalue weighted by Crippen LogP contribution is 2.08. The first-order valence-electron chi connectivity index (χ1n) is 4.30. The van der Waals surface area contributed by atoms with Crippen LogP contribution in [0.3, 0.4) is 0 Å². The van der Waals surface area contributed by atoms with Crippen LogP contribution in [-0.2, 0) is 7.05 Å². The topological polar surface area (TPSA) is 63.5 Å². The molecule has 3 aromatic heterocycles. The van der Waals surface area contributed by atoms with Crippen LogP contribution >= 0.6 is 0 Å². The van der Waals surface area contributed by atoms with Gasteiger partial charge in [0.15, 0.2) is 0 Å². The van der Waals surface area contributed by atoms with E-state index in [0.29, 0.717) is 0 Å². The van der Waals surface area contributed by atoms with Gasteiger partial charge in [-0.2, -0.15) is 9.08 Å². The number of H-pyrrole nitrogens is 1. The van der Waals surface area contributed by atoms with Gasteiger partial charge in [-0.15, -0.1) is 0 Å². The summed E-state index contributed by atoms with van der Waals surface area (Å²) in [7, 11) is 1.88. The van der Waals surface area contributed by atoms with E-state index in [1.54, 1.807) is 17.3 Å². The number of rotatable bonds is 0. The van der Waals surface area contributed by atoms with Crippen LogP contribution in [0.2, 0.25) is 0 Å². The standard InChI is InChI=1S/C8H8N6/c1-5-12-13(2)8-6-7(9-3-10-8)11-4-14(5)6/h3-4H,1-2H3/p+1. The first-order valence-corrected chi connectivity index (χ1v) is 4.30. The Bertz CT molecular complexity index is 619. The Morgan fingerprint density at radius 3 is 3.14 bits per heavy atom. The smallest absolute Gasteiger partial charge is 0.264 e. The maximum Gasteiger partial charge on any atom is 0.264 e. The van der Waals surface area contributed by atoms with Gasteiger partial charge in [-0.05, 0) is 5.10 Å². The Morgan fingerprint density at radius 1 is 1.43 bits per heavy atom. The fourth-order valence-electron chi connectivity index (χ4n) is 1.68. The molecule has 0 bridgehead atoms. The van der Waals surface area contributed by atoms with Crippen molar-refractivity contribution in [2.24, 2.45) is 7.05 Å². The van der Waals surface area contributed by atoms with E-state index in [-0.39, 0.29) is 0 Å². The summed E-state index contributed by atoms with van der Waals surface area (Å²) in [6.07, 6.45) is 3.37. The third-order valence-electron chi connectivity index (χ3n) is 2.32. The zero-order valence-electron chi connectivity index (χ0n) is 7.89. The molecule has 0 unspecified atom stereocenters. The summed E-state index contributed by atoms with van der Waals surface area (Å²) in [5.74, 6) is 0.893. The molecular weight excluding hydrogens is 180 g/mol. The van der Waals surface area contributed by atoms with Crippen LogP contribution in [0.1, 0.15) is 5.82 Å². The highest BCUT2D eigenvalue weighted by molar-refractivity contribution is 5.80. The molecule has 70 valence electrons.